The number of aliphatic hydroxyl groups is 1. The molecule has 5 heteroatoms. The van der Waals surface area contributed by atoms with Gasteiger partial charge in [0.1, 0.15) is 24.3 Å². The Morgan fingerprint density at radius 2 is 2.00 bits per heavy atom. The molecule has 100 valence electrons. The quantitative estimate of drug-likeness (QED) is 0.846. The van der Waals surface area contributed by atoms with E-state index >= 15 is 0 Å². The van der Waals surface area contributed by atoms with Crippen LogP contribution < -0.4 is 10.5 Å². The second kappa shape index (κ2) is 5.91. The molecule has 0 saturated heterocycles. The van der Waals surface area contributed by atoms with E-state index in [1.54, 1.807) is 24.3 Å². The molecule has 0 radical (unpaired) electrons. The Balaban J connectivity index is 2.04. The van der Waals surface area contributed by atoms with E-state index in [1.165, 1.54) is 12.1 Å². The Labute approximate surface area is 115 Å². The third-order valence-electron chi connectivity index (χ3n) is 2.65. The van der Waals surface area contributed by atoms with Crippen LogP contribution in [0, 0.1) is 5.82 Å². The molecule has 0 saturated carbocycles. The van der Waals surface area contributed by atoms with Crippen LogP contribution in [-0.4, -0.2) is 11.7 Å². The molecule has 0 bridgehead atoms. The van der Waals surface area contributed by atoms with Gasteiger partial charge in [-0.05, 0) is 24.3 Å². The molecule has 0 aliphatic heterocycles. The molecule has 0 spiro atoms. The molecule has 2 aromatic carbocycles. The predicted molar refractivity (Wildman–Crippen MR) is 72.7 cm³/mol. The van der Waals surface area contributed by atoms with E-state index in [4.69, 9.17) is 22.1 Å². The monoisotopic (exact) mass is 281 g/mol. The topological polar surface area (TPSA) is 55.5 Å². The van der Waals surface area contributed by atoms with Gasteiger partial charge in [-0.15, -0.1) is 0 Å². The van der Waals surface area contributed by atoms with Gasteiger partial charge < -0.3 is 15.6 Å². The molecule has 2 aromatic rings. The summed E-state index contributed by atoms with van der Waals surface area (Å²) in [7, 11) is 0. The lowest BCUT2D eigenvalue weighted by molar-refractivity contribution is 0.109. The van der Waals surface area contributed by atoms with Crippen molar-refractivity contribution in [2.75, 3.05) is 12.3 Å². The van der Waals surface area contributed by atoms with Gasteiger partial charge in [-0.3, -0.25) is 0 Å². The van der Waals surface area contributed by atoms with Gasteiger partial charge >= 0.3 is 0 Å². The maximum absolute atomic E-state index is 12.9. The molecule has 0 heterocycles. The van der Waals surface area contributed by atoms with Gasteiger partial charge in [0.2, 0.25) is 0 Å². The van der Waals surface area contributed by atoms with E-state index in [1.807, 2.05) is 0 Å². The van der Waals surface area contributed by atoms with Gasteiger partial charge in [0.15, 0.2) is 0 Å². The normalized spacial score (nSPS) is 12.2. The zero-order chi connectivity index (χ0) is 13.8. The number of hydrogen-bond acceptors (Lipinski definition) is 3. The third kappa shape index (κ3) is 3.36. The van der Waals surface area contributed by atoms with Crippen LogP contribution in [-0.2, 0) is 0 Å². The van der Waals surface area contributed by atoms with E-state index in [0.717, 1.165) is 6.07 Å². The minimum atomic E-state index is -0.873. The highest BCUT2D eigenvalue weighted by molar-refractivity contribution is 6.32. The molecule has 19 heavy (non-hydrogen) atoms. The number of nitrogen functional groups attached to an aromatic ring is 1. The lowest BCUT2D eigenvalue weighted by Crippen LogP contribution is -2.11. The van der Waals surface area contributed by atoms with Crippen LogP contribution in [0.1, 0.15) is 11.7 Å². The van der Waals surface area contributed by atoms with Crippen molar-refractivity contribution < 1.29 is 14.2 Å². The second-order valence-corrected chi connectivity index (χ2v) is 4.44. The number of halogens is 2. The van der Waals surface area contributed by atoms with Crippen molar-refractivity contribution in [2.24, 2.45) is 0 Å². The first-order valence-corrected chi connectivity index (χ1v) is 6.06. The summed E-state index contributed by atoms with van der Waals surface area (Å²) in [5.41, 5.74) is 6.82. The fourth-order valence-electron chi connectivity index (χ4n) is 1.67. The van der Waals surface area contributed by atoms with Gasteiger partial charge in [0.05, 0.1) is 5.02 Å². The van der Waals surface area contributed by atoms with Crippen LogP contribution in [0.5, 0.6) is 5.75 Å². The Hall–Kier alpha value is -1.78. The van der Waals surface area contributed by atoms with Crippen molar-refractivity contribution in [1.29, 1.82) is 0 Å². The molecule has 0 amide bonds. The van der Waals surface area contributed by atoms with E-state index in [0.29, 0.717) is 17.0 Å². The first kappa shape index (κ1) is 13.6. The van der Waals surface area contributed by atoms with Crippen LogP contribution in [0.15, 0.2) is 42.5 Å². The van der Waals surface area contributed by atoms with Crippen molar-refractivity contribution in [3.05, 3.63) is 58.9 Å². The van der Waals surface area contributed by atoms with Crippen molar-refractivity contribution in [3.8, 4) is 5.75 Å². The van der Waals surface area contributed by atoms with Crippen LogP contribution in [0.3, 0.4) is 0 Å². The number of benzene rings is 2. The molecule has 2 rings (SSSR count). The minimum Gasteiger partial charge on any atom is -0.489 e. The van der Waals surface area contributed by atoms with E-state index in [-0.39, 0.29) is 11.6 Å². The Bertz CT molecular complexity index is 577. The Kier molecular flexibility index (Phi) is 4.24. The van der Waals surface area contributed by atoms with Gasteiger partial charge in [0.25, 0.3) is 0 Å². The van der Waals surface area contributed by atoms with Crippen LogP contribution >= 0.6 is 11.6 Å². The lowest BCUT2D eigenvalue weighted by atomic mass is 10.1. The van der Waals surface area contributed by atoms with Gasteiger partial charge in [0, 0.05) is 11.3 Å². The van der Waals surface area contributed by atoms with Crippen LogP contribution in [0.25, 0.3) is 0 Å². The minimum absolute atomic E-state index is 0.0143. The molecule has 0 aliphatic carbocycles. The maximum atomic E-state index is 12.9. The van der Waals surface area contributed by atoms with Crippen LogP contribution in [0.4, 0.5) is 10.1 Å². The first-order chi connectivity index (χ1) is 9.08. The number of hydrogen-bond donors (Lipinski definition) is 2. The van der Waals surface area contributed by atoms with Crippen LogP contribution in [0.2, 0.25) is 5.02 Å². The zero-order valence-corrected chi connectivity index (χ0v) is 10.8. The zero-order valence-electron chi connectivity index (χ0n) is 10.0. The molecule has 1 unspecified atom stereocenters. The number of rotatable bonds is 4. The van der Waals surface area contributed by atoms with E-state index in [9.17, 15) is 9.50 Å². The highest BCUT2D eigenvalue weighted by atomic mass is 35.5. The number of para-hydroxylation sites is 1. The predicted octanol–water partition coefficient (Wildman–Crippen LogP) is 3.17. The highest BCUT2D eigenvalue weighted by Crippen LogP contribution is 2.27. The maximum Gasteiger partial charge on any atom is 0.138 e. The molecular weight excluding hydrogens is 269 g/mol. The van der Waals surface area contributed by atoms with Crippen molar-refractivity contribution in [2.45, 2.75) is 6.10 Å². The Morgan fingerprint density at radius 3 is 2.68 bits per heavy atom. The lowest BCUT2D eigenvalue weighted by Gasteiger charge is -2.15. The first-order valence-electron chi connectivity index (χ1n) is 5.68. The number of nitrogens with two attached hydrogens (primary N) is 1. The number of ether oxygens (including phenoxy) is 1. The average molecular weight is 282 g/mol. The van der Waals surface area contributed by atoms with E-state index < -0.39 is 11.9 Å². The summed E-state index contributed by atoms with van der Waals surface area (Å²) in [5, 5.41) is 10.1. The standard InChI is InChI=1S/C14H13ClFNO2/c15-11-7-9(16)5-6-14(11)19-8-13(18)10-3-1-2-4-12(10)17/h1-7,13,18H,8,17H2. The summed E-state index contributed by atoms with van der Waals surface area (Å²) in [4.78, 5) is 0. The summed E-state index contributed by atoms with van der Waals surface area (Å²) in [5.74, 6) is -0.123. The number of aliphatic hydroxyl groups excluding tert-OH is 1. The van der Waals surface area contributed by atoms with Gasteiger partial charge in [-0.1, -0.05) is 29.8 Å². The van der Waals surface area contributed by atoms with Crippen molar-refractivity contribution >= 4 is 17.3 Å². The molecule has 1 atom stereocenters. The highest BCUT2D eigenvalue weighted by Gasteiger charge is 2.12. The molecule has 3 nitrogen and oxygen atoms in total. The molecule has 0 aromatic heterocycles. The summed E-state index contributed by atoms with van der Waals surface area (Å²) in [6.07, 6.45) is -0.873. The number of anilines is 1. The smallest absolute Gasteiger partial charge is 0.138 e. The summed E-state index contributed by atoms with van der Waals surface area (Å²) in [6.45, 7) is -0.0143. The molecule has 3 N–H and O–H groups in total. The Morgan fingerprint density at radius 1 is 1.26 bits per heavy atom. The van der Waals surface area contributed by atoms with Gasteiger partial charge in [-0.2, -0.15) is 0 Å². The average Bonchev–Trinajstić information content (AvgIpc) is 2.38. The fourth-order valence-corrected chi connectivity index (χ4v) is 1.89. The van der Waals surface area contributed by atoms with E-state index in [2.05, 4.69) is 0 Å². The van der Waals surface area contributed by atoms with Crippen molar-refractivity contribution in [1.82, 2.24) is 0 Å². The van der Waals surface area contributed by atoms with Crippen molar-refractivity contribution in [3.63, 3.8) is 0 Å². The molecule has 0 aliphatic rings. The summed E-state index contributed by atoms with van der Waals surface area (Å²) >= 11 is 5.82. The third-order valence-corrected chi connectivity index (χ3v) is 2.94. The fraction of sp³-hybridized carbons (Fsp3) is 0.143. The summed E-state index contributed by atoms with van der Waals surface area (Å²) in [6, 6.07) is 10.8. The molecular formula is C14H13ClFNO2. The second-order valence-electron chi connectivity index (χ2n) is 4.03. The SMILES string of the molecule is Nc1ccccc1C(O)COc1ccc(F)cc1Cl. The molecule has 0 fully saturated rings. The summed E-state index contributed by atoms with van der Waals surface area (Å²) < 4.78 is 18.2. The largest absolute Gasteiger partial charge is 0.489 e. The van der Waals surface area contributed by atoms with Gasteiger partial charge in [-0.25, -0.2) is 4.39 Å².